The highest BCUT2D eigenvalue weighted by Crippen LogP contribution is 2.34. The molecule has 2 saturated carbocycles. The van der Waals surface area contributed by atoms with Gasteiger partial charge in [0.15, 0.2) is 9.84 Å². The summed E-state index contributed by atoms with van der Waals surface area (Å²) >= 11 is 0. The van der Waals surface area contributed by atoms with E-state index in [-0.39, 0.29) is 29.5 Å². The number of fused-ring (bicyclic) bond motifs is 1. The van der Waals surface area contributed by atoms with Crippen molar-refractivity contribution in [2.24, 2.45) is 11.8 Å². The maximum absolute atomic E-state index is 14.4. The minimum absolute atomic E-state index is 0.0131. The molecule has 0 bridgehead atoms. The van der Waals surface area contributed by atoms with Gasteiger partial charge in [0.2, 0.25) is 17.6 Å². The molecule has 2 heterocycles. The average Bonchev–Trinajstić information content (AvgIpc) is 3.73. The van der Waals surface area contributed by atoms with E-state index in [4.69, 9.17) is 0 Å². The number of nitrogens with one attached hydrogen (secondary N) is 4. The lowest BCUT2D eigenvalue weighted by atomic mass is 9.83. The lowest BCUT2D eigenvalue weighted by Crippen LogP contribution is -2.62. The van der Waals surface area contributed by atoms with Crippen molar-refractivity contribution in [3.05, 3.63) is 0 Å². The van der Waals surface area contributed by atoms with Gasteiger partial charge < -0.3 is 26.2 Å². The molecule has 0 aromatic carbocycles. The van der Waals surface area contributed by atoms with Gasteiger partial charge in [-0.1, -0.05) is 78.1 Å². The molecule has 4 fully saturated rings. The minimum Gasteiger partial charge on any atom is -0.347 e. The van der Waals surface area contributed by atoms with Crippen LogP contribution < -0.4 is 21.3 Å². The molecular formula is C37H63N5O7S. The first-order valence-corrected chi connectivity index (χ1v) is 21.0. The van der Waals surface area contributed by atoms with Crippen LogP contribution in [-0.4, -0.2) is 89.6 Å². The molecule has 284 valence electrons. The number of hydrogen-bond donors (Lipinski definition) is 4. The molecular weight excluding hydrogens is 659 g/mol. The molecule has 4 N–H and O–H groups in total. The van der Waals surface area contributed by atoms with Crippen LogP contribution >= 0.6 is 0 Å². The van der Waals surface area contributed by atoms with Crippen molar-refractivity contribution in [1.29, 1.82) is 0 Å². The van der Waals surface area contributed by atoms with Gasteiger partial charge >= 0.3 is 6.03 Å². The monoisotopic (exact) mass is 721 g/mol. The van der Waals surface area contributed by atoms with E-state index < -0.39 is 61.9 Å². The predicted octanol–water partition coefficient (Wildman–Crippen LogP) is 4.30. The van der Waals surface area contributed by atoms with Gasteiger partial charge in [0.05, 0.1) is 22.1 Å². The third-order valence-electron chi connectivity index (χ3n) is 11.3. The third-order valence-corrected chi connectivity index (χ3v) is 14.1. The van der Waals surface area contributed by atoms with Crippen LogP contribution in [0.4, 0.5) is 4.79 Å². The van der Waals surface area contributed by atoms with Crippen molar-refractivity contribution in [3.63, 3.8) is 0 Å². The van der Waals surface area contributed by atoms with E-state index in [0.29, 0.717) is 51.5 Å². The van der Waals surface area contributed by atoms with Crippen molar-refractivity contribution in [1.82, 2.24) is 26.2 Å². The molecule has 2 saturated heterocycles. The number of carbonyl (C=O) groups excluding carboxylic acids is 5. The fourth-order valence-corrected chi connectivity index (χ4v) is 9.37. The van der Waals surface area contributed by atoms with E-state index in [1.807, 2.05) is 13.8 Å². The number of carbonyl (C=O) groups is 5. The van der Waals surface area contributed by atoms with E-state index in [9.17, 15) is 32.4 Å². The summed E-state index contributed by atoms with van der Waals surface area (Å²) in [5.74, 6) is -2.40. The topological polar surface area (TPSA) is 171 Å². The van der Waals surface area contributed by atoms with Crippen LogP contribution in [-0.2, 0) is 29.0 Å². The lowest BCUT2D eigenvalue weighted by Gasteiger charge is -2.40. The normalized spacial score (nSPS) is 27.6. The second-order valence-corrected chi connectivity index (χ2v) is 19.5. The maximum atomic E-state index is 14.4. The van der Waals surface area contributed by atoms with Gasteiger partial charge in [0.1, 0.15) is 12.1 Å². The Kier molecular flexibility index (Phi) is 13.8. The number of sulfone groups is 1. The van der Waals surface area contributed by atoms with Crippen LogP contribution in [0.25, 0.3) is 0 Å². The molecule has 4 atom stereocenters. The van der Waals surface area contributed by atoms with Crippen LogP contribution in [0.2, 0.25) is 0 Å². The lowest BCUT2D eigenvalue weighted by molar-refractivity contribution is -0.143. The highest BCUT2D eigenvalue weighted by molar-refractivity contribution is 7.92. The Bertz CT molecular complexity index is 1330. The summed E-state index contributed by atoms with van der Waals surface area (Å²) in [6.07, 6.45) is 12.7. The molecule has 4 aliphatic rings. The number of nitrogens with zero attached hydrogens (tertiary/aromatic N) is 1. The highest BCUT2D eigenvalue weighted by atomic mass is 32.2. The first-order valence-electron chi connectivity index (χ1n) is 19.3. The van der Waals surface area contributed by atoms with E-state index in [0.717, 1.165) is 64.2 Å². The number of rotatable bonds is 8. The summed E-state index contributed by atoms with van der Waals surface area (Å²) in [7, 11) is -3.55. The molecule has 0 aromatic rings. The predicted molar refractivity (Wildman–Crippen MR) is 193 cm³/mol. The SMILES string of the molecule is CC(C)C1CCN2C(=O)[C@@H](NC(=O)NC3(CS(=O)(=O)C(C)(C)C)CCCCC3)CCCCCCCCC[C@@H](C(=O)C(=O)NC3CC3)NC(=O)[C@H]12. The van der Waals surface area contributed by atoms with Gasteiger partial charge in [0.25, 0.3) is 5.91 Å². The molecule has 5 amide bonds. The Hall–Kier alpha value is -2.70. The van der Waals surface area contributed by atoms with Crippen LogP contribution in [0.1, 0.15) is 144 Å². The largest absolute Gasteiger partial charge is 0.347 e. The maximum Gasteiger partial charge on any atom is 0.315 e. The van der Waals surface area contributed by atoms with Gasteiger partial charge in [-0.2, -0.15) is 0 Å². The van der Waals surface area contributed by atoms with Gasteiger partial charge in [0, 0.05) is 12.6 Å². The fraction of sp³-hybridized carbons (Fsp3) is 0.865. The zero-order chi connectivity index (χ0) is 36.7. The van der Waals surface area contributed by atoms with E-state index >= 15 is 0 Å². The van der Waals surface area contributed by atoms with E-state index in [1.165, 1.54) is 0 Å². The van der Waals surface area contributed by atoms with E-state index in [1.54, 1.807) is 25.7 Å². The Morgan fingerprint density at radius 3 is 2.00 bits per heavy atom. The van der Waals surface area contributed by atoms with Crippen molar-refractivity contribution >= 4 is 39.4 Å². The van der Waals surface area contributed by atoms with Gasteiger partial charge in [-0.25, -0.2) is 13.2 Å². The summed E-state index contributed by atoms with van der Waals surface area (Å²) in [6.45, 7) is 9.36. The highest BCUT2D eigenvalue weighted by Gasteiger charge is 2.47. The van der Waals surface area contributed by atoms with Gasteiger partial charge in [-0.3, -0.25) is 19.2 Å². The third kappa shape index (κ3) is 10.7. The quantitative estimate of drug-likeness (QED) is 0.271. The van der Waals surface area contributed by atoms with Crippen molar-refractivity contribution in [3.8, 4) is 0 Å². The zero-order valence-corrected chi connectivity index (χ0v) is 31.9. The number of Topliss-reactive ketones (excluding diaryl/α,β-unsaturated/α-hetero) is 1. The second-order valence-electron chi connectivity index (χ2n) is 16.8. The fourth-order valence-electron chi connectivity index (χ4n) is 7.85. The zero-order valence-electron chi connectivity index (χ0n) is 31.1. The van der Waals surface area contributed by atoms with Crippen molar-refractivity contribution in [2.75, 3.05) is 12.3 Å². The summed E-state index contributed by atoms with van der Waals surface area (Å²) in [4.78, 5) is 70.0. The van der Waals surface area contributed by atoms with Crippen LogP contribution in [0.5, 0.6) is 0 Å². The number of ketones is 1. The molecule has 4 rings (SSSR count). The molecule has 0 radical (unpaired) electrons. The molecule has 13 heteroatoms. The van der Waals surface area contributed by atoms with Crippen LogP contribution in [0.15, 0.2) is 0 Å². The first-order chi connectivity index (χ1) is 23.5. The molecule has 2 aliphatic heterocycles. The van der Waals surface area contributed by atoms with Gasteiger partial charge in [-0.05, 0) is 77.6 Å². The summed E-state index contributed by atoms with van der Waals surface area (Å²) in [6, 6.07) is -3.30. The number of urea groups is 1. The Balaban J connectivity index is 1.57. The molecule has 1 unspecified atom stereocenters. The number of amides is 5. The average molecular weight is 722 g/mol. The smallest absolute Gasteiger partial charge is 0.315 e. The second kappa shape index (κ2) is 17.2. The molecule has 12 nitrogen and oxygen atoms in total. The summed E-state index contributed by atoms with van der Waals surface area (Å²) in [5.41, 5.74) is -0.929. The molecule has 0 spiro atoms. The molecule has 2 aliphatic carbocycles. The van der Waals surface area contributed by atoms with Crippen molar-refractivity contribution < 1.29 is 32.4 Å². The van der Waals surface area contributed by atoms with Crippen LogP contribution in [0.3, 0.4) is 0 Å². The Morgan fingerprint density at radius 1 is 0.840 bits per heavy atom. The van der Waals surface area contributed by atoms with Crippen LogP contribution in [0, 0.1) is 11.8 Å². The number of hydrogen-bond acceptors (Lipinski definition) is 7. The first kappa shape index (κ1) is 40.1. The standard InChI is InChI=1S/C37H63N5O7S/c1-25(2)27-20-23-42-30(27)32(44)39-28(31(43)33(45)38-26-18-19-26)16-12-9-7-6-8-10-13-17-29(34(42)46)40-35(47)41-37(21-14-11-15-22-37)24-50(48,49)36(3,4)5/h25-30H,6-24H2,1-5H3,(H,38,45)(H,39,44)(H2,40,41,47)/t27?,28-,29-,30-/m0/s1. The summed E-state index contributed by atoms with van der Waals surface area (Å²) < 4.78 is 25.7. The molecule has 50 heavy (non-hydrogen) atoms. The van der Waals surface area contributed by atoms with Gasteiger partial charge in [-0.15, -0.1) is 0 Å². The Labute approximate surface area is 299 Å². The minimum atomic E-state index is -3.55. The molecule has 0 aromatic heterocycles. The Morgan fingerprint density at radius 2 is 1.42 bits per heavy atom. The summed E-state index contributed by atoms with van der Waals surface area (Å²) in [5, 5.41) is 11.6. The van der Waals surface area contributed by atoms with E-state index in [2.05, 4.69) is 21.3 Å². The van der Waals surface area contributed by atoms with Crippen molar-refractivity contribution in [2.45, 2.75) is 178 Å².